The van der Waals surface area contributed by atoms with Crippen LogP contribution in [0, 0.1) is 13.8 Å². The summed E-state index contributed by atoms with van der Waals surface area (Å²) in [5.41, 5.74) is 1.35. The molecule has 0 unspecified atom stereocenters. The third-order valence-corrected chi connectivity index (χ3v) is 3.56. The number of aryl methyl sites for hydroxylation is 2. The minimum atomic E-state index is -0.424. The predicted octanol–water partition coefficient (Wildman–Crippen LogP) is 0.390. The number of rotatable bonds is 2. The maximum Gasteiger partial charge on any atom is 0.274 e. The molecule has 2 aromatic rings. The van der Waals surface area contributed by atoms with Gasteiger partial charge < -0.3 is 14.6 Å². The summed E-state index contributed by atoms with van der Waals surface area (Å²) >= 11 is 0. The number of H-pyrrole nitrogens is 1. The smallest absolute Gasteiger partial charge is 0.274 e. The first kappa shape index (κ1) is 15.3. The van der Waals surface area contributed by atoms with E-state index in [1.54, 1.807) is 18.0 Å². The van der Waals surface area contributed by atoms with Crippen LogP contribution < -0.4 is 5.56 Å². The Kier molecular flexibility index (Phi) is 4.16. The quantitative estimate of drug-likeness (QED) is 0.860. The SMILES string of the molecule is Cc1cnc(C(=O)N2CCO[C@H](c3cc(=O)[nH]c(C)n3)C2)cn1. The van der Waals surface area contributed by atoms with Crippen LogP contribution in [0.5, 0.6) is 0 Å². The van der Waals surface area contributed by atoms with Gasteiger partial charge in [0.1, 0.15) is 17.6 Å². The molecular formula is C15H17N5O3. The number of morpholine rings is 1. The van der Waals surface area contributed by atoms with Crippen LogP contribution in [0.15, 0.2) is 23.3 Å². The number of carbonyl (C=O) groups is 1. The summed E-state index contributed by atoms with van der Waals surface area (Å²) in [4.78, 5) is 40.8. The second-order valence-corrected chi connectivity index (χ2v) is 5.41. The maximum atomic E-state index is 12.5. The topological polar surface area (TPSA) is 101 Å². The zero-order valence-corrected chi connectivity index (χ0v) is 12.9. The number of aromatic nitrogens is 4. The van der Waals surface area contributed by atoms with Crippen molar-refractivity contribution in [3.05, 3.63) is 51.7 Å². The van der Waals surface area contributed by atoms with Crippen LogP contribution in [0.2, 0.25) is 0 Å². The summed E-state index contributed by atoms with van der Waals surface area (Å²) in [5, 5.41) is 0. The standard InChI is InChI=1S/C15H17N5O3/c1-9-6-17-12(7-16-9)15(22)20-3-4-23-13(8-20)11-5-14(21)19-10(2)18-11/h5-7,13H,3-4,8H2,1-2H3,(H,18,19,21)/t13-/m0/s1. The van der Waals surface area contributed by atoms with E-state index < -0.39 is 6.10 Å². The van der Waals surface area contributed by atoms with E-state index in [0.29, 0.717) is 36.9 Å². The Bertz CT molecular complexity index is 771. The lowest BCUT2D eigenvalue weighted by atomic mass is 10.2. The molecule has 0 saturated carbocycles. The Balaban J connectivity index is 1.79. The first-order valence-electron chi connectivity index (χ1n) is 7.30. The number of aromatic amines is 1. The molecule has 1 fully saturated rings. The van der Waals surface area contributed by atoms with E-state index in [0.717, 1.165) is 5.69 Å². The van der Waals surface area contributed by atoms with Gasteiger partial charge in [0.2, 0.25) is 0 Å². The fraction of sp³-hybridized carbons (Fsp3) is 0.400. The first-order valence-corrected chi connectivity index (χ1v) is 7.30. The highest BCUT2D eigenvalue weighted by Gasteiger charge is 2.28. The molecule has 2 aromatic heterocycles. The Morgan fingerprint density at radius 2 is 2.17 bits per heavy atom. The van der Waals surface area contributed by atoms with Crippen LogP contribution in [-0.4, -0.2) is 50.4 Å². The van der Waals surface area contributed by atoms with E-state index in [-0.39, 0.29) is 11.5 Å². The lowest BCUT2D eigenvalue weighted by Crippen LogP contribution is -2.43. The second-order valence-electron chi connectivity index (χ2n) is 5.41. The monoisotopic (exact) mass is 315 g/mol. The lowest BCUT2D eigenvalue weighted by Gasteiger charge is -2.32. The molecule has 1 saturated heterocycles. The fourth-order valence-corrected chi connectivity index (χ4v) is 2.45. The van der Waals surface area contributed by atoms with Crippen molar-refractivity contribution in [1.29, 1.82) is 0 Å². The number of hydrogen-bond acceptors (Lipinski definition) is 6. The van der Waals surface area contributed by atoms with Gasteiger partial charge in [0, 0.05) is 18.8 Å². The van der Waals surface area contributed by atoms with Crippen molar-refractivity contribution < 1.29 is 9.53 Å². The predicted molar refractivity (Wildman–Crippen MR) is 81.0 cm³/mol. The molecule has 1 N–H and O–H groups in total. The highest BCUT2D eigenvalue weighted by molar-refractivity contribution is 5.92. The summed E-state index contributed by atoms with van der Waals surface area (Å²) in [6.07, 6.45) is 2.61. The normalized spacial score (nSPS) is 18.0. The number of amides is 1. The molecule has 0 spiro atoms. The van der Waals surface area contributed by atoms with Crippen LogP contribution in [-0.2, 0) is 4.74 Å². The number of ether oxygens (including phenoxy) is 1. The Morgan fingerprint density at radius 1 is 1.35 bits per heavy atom. The molecule has 1 aliphatic heterocycles. The van der Waals surface area contributed by atoms with Crippen LogP contribution in [0.25, 0.3) is 0 Å². The average Bonchev–Trinajstić information content (AvgIpc) is 2.54. The Hall–Kier alpha value is -2.61. The van der Waals surface area contributed by atoms with Crippen molar-refractivity contribution in [2.24, 2.45) is 0 Å². The molecule has 23 heavy (non-hydrogen) atoms. The van der Waals surface area contributed by atoms with Crippen LogP contribution in [0.3, 0.4) is 0 Å². The van der Waals surface area contributed by atoms with Crippen molar-refractivity contribution in [3.8, 4) is 0 Å². The molecule has 0 bridgehead atoms. The molecule has 8 heteroatoms. The third kappa shape index (κ3) is 3.42. The summed E-state index contributed by atoms with van der Waals surface area (Å²) in [5.74, 6) is 0.316. The van der Waals surface area contributed by atoms with Gasteiger partial charge in [-0.05, 0) is 13.8 Å². The summed E-state index contributed by atoms with van der Waals surface area (Å²) < 4.78 is 5.66. The second kappa shape index (κ2) is 6.25. The van der Waals surface area contributed by atoms with Gasteiger partial charge in [-0.15, -0.1) is 0 Å². The van der Waals surface area contributed by atoms with Crippen LogP contribution in [0.1, 0.15) is 33.8 Å². The van der Waals surface area contributed by atoms with Crippen LogP contribution in [0.4, 0.5) is 0 Å². The van der Waals surface area contributed by atoms with Crippen molar-refractivity contribution >= 4 is 5.91 Å². The molecule has 0 aromatic carbocycles. The number of nitrogens with one attached hydrogen (secondary N) is 1. The van der Waals surface area contributed by atoms with E-state index in [9.17, 15) is 9.59 Å². The van der Waals surface area contributed by atoms with Gasteiger partial charge in [0.05, 0.1) is 30.7 Å². The molecule has 0 radical (unpaired) electrons. The maximum absolute atomic E-state index is 12.5. The highest BCUT2D eigenvalue weighted by atomic mass is 16.5. The molecule has 3 rings (SSSR count). The van der Waals surface area contributed by atoms with Gasteiger partial charge in [-0.25, -0.2) is 9.97 Å². The van der Waals surface area contributed by atoms with Gasteiger partial charge in [-0.3, -0.25) is 14.6 Å². The minimum absolute atomic E-state index is 0.202. The van der Waals surface area contributed by atoms with E-state index in [1.165, 1.54) is 12.3 Å². The summed E-state index contributed by atoms with van der Waals surface area (Å²) in [6, 6.07) is 1.40. The number of hydrogen-bond donors (Lipinski definition) is 1. The van der Waals surface area contributed by atoms with Crippen molar-refractivity contribution in [2.45, 2.75) is 20.0 Å². The van der Waals surface area contributed by atoms with E-state index >= 15 is 0 Å². The molecule has 1 amide bonds. The molecule has 1 aliphatic rings. The zero-order valence-electron chi connectivity index (χ0n) is 12.9. The number of nitrogens with zero attached hydrogens (tertiary/aromatic N) is 4. The number of carbonyl (C=O) groups excluding carboxylic acids is 1. The summed E-state index contributed by atoms with van der Waals surface area (Å²) in [7, 11) is 0. The first-order chi connectivity index (χ1) is 11.0. The van der Waals surface area contributed by atoms with Crippen molar-refractivity contribution in [2.75, 3.05) is 19.7 Å². The third-order valence-electron chi connectivity index (χ3n) is 3.56. The average molecular weight is 315 g/mol. The van der Waals surface area contributed by atoms with Crippen molar-refractivity contribution in [1.82, 2.24) is 24.8 Å². The largest absolute Gasteiger partial charge is 0.368 e. The minimum Gasteiger partial charge on any atom is -0.368 e. The van der Waals surface area contributed by atoms with Gasteiger partial charge in [0.25, 0.3) is 11.5 Å². The van der Waals surface area contributed by atoms with Gasteiger partial charge in [0.15, 0.2) is 0 Å². The van der Waals surface area contributed by atoms with E-state index in [4.69, 9.17) is 4.74 Å². The van der Waals surface area contributed by atoms with Crippen LogP contribution >= 0.6 is 0 Å². The molecule has 8 nitrogen and oxygen atoms in total. The summed E-state index contributed by atoms with van der Waals surface area (Å²) in [6.45, 7) is 4.69. The Labute approximate surface area is 132 Å². The molecule has 3 heterocycles. The molecule has 1 atom stereocenters. The molecule has 120 valence electrons. The Morgan fingerprint density at radius 3 is 2.87 bits per heavy atom. The highest BCUT2D eigenvalue weighted by Crippen LogP contribution is 2.20. The van der Waals surface area contributed by atoms with Gasteiger partial charge in [-0.2, -0.15) is 0 Å². The molecule has 0 aliphatic carbocycles. The van der Waals surface area contributed by atoms with Gasteiger partial charge >= 0.3 is 0 Å². The van der Waals surface area contributed by atoms with Gasteiger partial charge in [-0.1, -0.05) is 0 Å². The fourth-order valence-electron chi connectivity index (χ4n) is 2.45. The zero-order chi connectivity index (χ0) is 16.4. The lowest BCUT2D eigenvalue weighted by molar-refractivity contribution is -0.0251. The van der Waals surface area contributed by atoms with Crippen molar-refractivity contribution in [3.63, 3.8) is 0 Å². The molecular weight excluding hydrogens is 298 g/mol. The van der Waals surface area contributed by atoms with E-state index in [2.05, 4.69) is 19.9 Å². The van der Waals surface area contributed by atoms with E-state index in [1.807, 2.05) is 6.92 Å².